The van der Waals surface area contributed by atoms with Crippen LogP contribution in [0.1, 0.15) is 11.7 Å². The number of amides is 2. The van der Waals surface area contributed by atoms with E-state index in [1.807, 2.05) is 35.7 Å². The molecule has 0 fully saturated rings. The van der Waals surface area contributed by atoms with Crippen molar-refractivity contribution in [1.82, 2.24) is 5.32 Å². The third kappa shape index (κ3) is 4.60. The highest BCUT2D eigenvalue weighted by molar-refractivity contribution is 7.13. The summed E-state index contributed by atoms with van der Waals surface area (Å²) in [6, 6.07) is 18.3. The first kappa shape index (κ1) is 17.5. The van der Waals surface area contributed by atoms with E-state index >= 15 is 0 Å². The van der Waals surface area contributed by atoms with E-state index in [9.17, 15) is 9.90 Å². The summed E-state index contributed by atoms with van der Waals surface area (Å²) in [5, 5.41) is 18.0. The molecule has 0 spiro atoms. The van der Waals surface area contributed by atoms with E-state index in [-0.39, 0.29) is 6.54 Å². The number of hydrogen-bond donors (Lipinski definition) is 3. The molecule has 3 N–H and O–H groups in total. The SMILES string of the molecule is O=C(NCC(O)c1ccc(-c2cccs2)cc1)Nc1ccccc1Cl. The van der Waals surface area contributed by atoms with E-state index in [1.165, 1.54) is 4.88 Å². The minimum absolute atomic E-state index is 0.106. The number of aliphatic hydroxyl groups is 1. The van der Waals surface area contributed by atoms with Crippen LogP contribution in [0.4, 0.5) is 10.5 Å². The van der Waals surface area contributed by atoms with Crippen molar-refractivity contribution in [3.05, 3.63) is 76.6 Å². The lowest BCUT2D eigenvalue weighted by atomic mass is 10.1. The molecule has 0 aliphatic heterocycles. The Labute approximate surface area is 155 Å². The van der Waals surface area contributed by atoms with Gasteiger partial charge in [-0.1, -0.05) is 54.1 Å². The fourth-order valence-electron chi connectivity index (χ4n) is 2.35. The Bertz CT molecular complexity index is 835. The minimum atomic E-state index is -0.783. The lowest BCUT2D eigenvalue weighted by Gasteiger charge is -2.14. The summed E-state index contributed by atoms with van der Waals surface area (Å²) in [5.74, 6) is 0. The van der Waals surface area contributed by atoms with Crippen LogP contribution in [0, 0.1) is 0 Å². The van der Waals surface area contributed by atoms with Gasteiger partial charge in [0, 0.05) is 11.4 Å². The highest BCUT2D eigenvalue weighted by Gasteiger charge is 2.11. The number of para-hydroxylation sites is 1. The van der Waals surface area contributed by atoms with Crippen LogP contribution in [0.25, 0.3) is 10.4 Å². The van der Waals surface area contributed by atoms with Gasteiger partial charge in [0.25, 0.3) is 0 Å². The van der Waals surface area contributed by atoms with Crippen LogP contribution >= 0.6 is 22.9 Å². The molecular weight excluding hydrogens is 356 g/mol. The van der Waals surface area contributed by atoms with Crippen molar-refractivity contribution in [3.8, 4) is 10.4 Å². The topological polar surface area (TPSA) is 61.4 Å². The monoisotopic (exact) mass is 372 g/mol. The summed E-state index contributed by atoms with van der Waals surface area (Å²) in [4.78, 5) is 13.1. The summed E-state index contributed by atoms with van der Waals surface area (Å²) < 4.78 is 0. The predicted molar refractivity (Wildman–Crippen MR) is 103 cm³/mol. The number of nitrogens with one attached hydrogen (secondary N) is 2. The number of thiophene rings is 1. The second-order valence-electron chi connectivity index (χ2n) is 5.43. The number of aliphatic hydroxyl groups excluding tert-OH is 1. The number of urea groups is 1. The van der Waals surface area contributed by atoms with Gasteiger partial charge in [-0.2, -0.15) is 0 Å². The zero-order valence-electron chi connectivity index (χ0n) is 13.3. The molecule has 0 saturated heterocycles. The number of benzene rings is 2. The van der Waals surface area contributed by atoms with Crippen LogP contribution in [-0.2, 0) is 0 Å². The molecule has 3 aromatic rings. The summed E-state index contributed by atoms with van der Waals surface area (Å²) in [5.41, 5.74) is 2.38. The third-order valence-corrected chi connectivity index (χ3v) is 4.93. The molecule has 128 valence electrons. The fraction of sp³-hybridized carbons (Fsp3) is 0.105. The molecule has 4 nitrogen and oxygen atoms in total. The van der Waals surface area contributed by atoms with Gasteiger partial charge in [0.2, 0.25) is 0 Å². The van der Waals surface area contributed by atoms with Gasteiger partial charge >= 0.3 is 6.03 Å². The Morgan fingerprint density at radius 3 is 2.52 bits per heavy atom. The standard InChI is InChI=1S/C19H17ClN2O2S/c20-15-4-1-2-5-16(15)22-19(24)21-12-17(23)13-7-9-14(10-8-13)18-6-3-11-25-18/h1-11,17,23H,12H2,(H2,21,22,24). The van der Waals surface area contributed by atoms with E-state index in [0.29, 0.717) is 10.7 Å². The Morgan fingerprint density at radius 1 is 1.08 bits per heavy atom. The zero-order chi connectivity index (χ0) is 17.6. The van der Waals surface area contributed by atoms with Gasteiger partial charge in [-0.3, -0.25) is 0 Å². The maximum atomic E-state index is 11.9. The summed E-state index contributed by atoms with van der Waals surface area (Å²) >= 11 is 7.66. The molecule has 1 aromatic heterocycles. The molecule has 6 heteroatoms. The van der Waals surface area contributed by atoms with Crippen LogP contribution < -0.4 is 10.6 Å². The van der Waals surface area contributed by atoms with Crippen LogP contribution in [0.3, 0.4) is 0 Å². The molecule has 0 aliphatic carbocycles. The van der Waals surface area contributed by atoms with Gasteiger partial charge in [0.05, 0.1) is 16.8 Å². The van der Waals surface area contributed by atoms with Gasteiger partial charge in [0.1, 0.15) is 0 Å². The highest BCUT2D eigenvalue weighted by atomic mass is 35.5. The van der Waals surface area contributed by atoms with Gasteiger partial charge < -0.3 is 15.7 Å². The number of hydrogen-bond acceptors (Lipinski definition) is 3. The van der Waals surface area contributed by atoms with Crippen LogP contribution in [-0.4, -0.2) is 17.7 Å². The average molecular weight is 373 g/mol. The largest absolute Gasteiger partial charge is 0.387 e. The molecular formula is C19H17ClN2O2S. The fourth-order valence-corrected chi connectivity index (χ4v) is 3.26. The van der Waals surface area contributed by atoms with Crippen LogP contribution in [0.5, 0.6) is 0 Å². The van der Waals surface area contributed by atoms with E-state index < -0.39 is 12.1 Å². The van der Waals surface area contributed by atoms with Gasteiger partial charge in [-0.15, -0.1) is 11.3 Å². The molecule has 0 aliphatic rings. The molecule has 25 heavy (non-hydrogen) atoms. The smallest absolute Gasteiger partial charge is 0.319 e. The number of carbonyl (C=O) groups excluding carboxylic acids is 1. The van der Waals surface area contributed by atoms with Gasteiger partial charge in [-0.25, -0.2) is 4.79 Å². The first-order chi connectivity index (χ1) is 12.1. The minimum Gasteiger partial charge on any atom is -0.387 e. The first-order valence-electron chi connectivity index (χ1n) is 7.75. The second kappa shape index (κ2) is 8.16. The number of carbonyl (C=O) groups is 1. The van der Waals surface area contributed by atoms with Gasteiger partial charge in [-0.05, 0) is 34.7 Å². The second-order valence-corrected chi connectivity index (χ2v) is 6.78. The molecule has 0 radical (unpaired) electrons. The third-order valence-electron chi connectivity index (χ3n) is 3.68. The van der Waals surface area contributed by atoms with E-state index in [2.05, 4.69) is 16.7 Å². The Balaban J connectivity index is 1.54. The lowest BCUT2D eigenvalue weighted by Crippen LogP contribution is -2.32. The molecule has 0 bridgehead atoms. The van der Waals surface area contributed by atoms with E-state index in [1.54, 1.807) is 35.6 Å². The predicted octanol–water partition coefficient (Wildman–Crippen LogP) is 4.92. The summed E-state index contributed by atoms with van der Waals surface area (Å²) in [6.45, 7) is 0.106. The highest BCUT2D eigenvalue weighted by Crippen LogP contribution is 2.26. The van der Waals surface area contributed by atoms with Crippen LogP contribution in [0.15, 0.2) is 66.0 Å². The molecule has 1 heterocycles. The molecule has 1 atom stereocenters. The van der Waals surface area contributed by atoms with Crippen molar-refractivity contribution in [2.45, 2.75) is 6.10 Å². The van der Waals surface area contributed by atoms with Crippen molar-refractivity contribution in [1.29, 1.82) is 0 Å². The van der Waals surface area contributed by atoms with Crippen molar-refractivity contribution in [2.75, 3.05) is 11.9 Å². The normalized spacial score (nSPS) is 11.8. The average Bonchev–Trinajstić information content (AvgIpc) is 3.16. The van der Waals surface area contributed by atoms with Crippen molar-refractivity contribution < 1.29 is 9.90 Å². The summed E-state index contributed by atoms with van der Waals surface area (Å²) in [6.07, 6.45) is -0.783. The van der Waals surface area contributed by atoms with E-state index in [0.717, 1.165) is 11.1 Å². The summed E-state index contributed by atoms with van der Waals surface area (Å²) in [7, 11) is 0. The van der Waals surface area contributed by atoms with Crippen molar-refractivity contribution >= 4 is 34.7 Å². The Hall–Kier alpha value is -2.34. The van der Waals surface area contributed by atoms with Crippen molar-refractivity contribution in [2.24, 2.45) is 0 Å². The molecule has 3 rings (SSSR count). The number of anilines is 1. The zero-order valence-corrected chi connectivity index (χ0v) is 14.8. The molecule has 2 aromatic carbocycles. The first-order valence-corrected chi connectivity index (χ1v) is 9.00. The molecule has 2 amide bonds. The van der Waals surface area contributed by atoms with E-state index in [4.69, 9.17) is 11.6 Å². The van der Waals surface area contributed by atoms with Gasteiger partial charge in [0.15, 0.2) is 0 Å². The molecule has 1 unspecified atom stereocenters. The van der Waals surface area contributed by atoms with Crippen molar-refractivity contribution in [3.63, 3.8) is 0 Å². The maximum Gasteiger partial charge on any atom is 0.319 e. The Morgan fingerprint density at radius 2 is 1.84 bits per heavy atom. The number of halogens is 1. The van der Waals surface area contributed by atoms with Crippen LogP contribution in [0.2, 0.25) is 5.02 Å². The lowest BCUT2D eigenvalue weighted by molar-refractivity contribution is 0.175. The molecule has 0 saturated carbocycles. The maximum absolute atomic E-state index is 11.9. The Kier molecular flexibility index (Phi) is 5.71. The number of rotatable bonds is 5. The quantitative estimate of drug-likeness (QED) is 0.595.